The summed E-state index contributed by atoms with van der Waals surface area (Å²) in [5.41, 5.74) is 1.76. The number of hydrogen-bond acceptors (Lipinski definition) is 6. The number of aliphatic hydroxyl groups excluding tert-OH is 1. The molecule has 152 valence electrons. The minimum atomic E-state index is -0.753. The van der Waals surface area contributed by atoms with Gasteiger partial charge < -0.3 is 19.3 Å². The second kappa shape index (κ2) is 10.3. The largest absolute Gasteiger partial charge is 0.493 e. The third-order valence-electron chi connectivity index (χ3n) is 4.15. The summed E-state index contributed by atoms with van der Waals surface area (Å²) in [6.45, 7) is 4.41. The highest BCUT2D eigenvalue weighted by atomic mass is 16.5. The van der Waals surface area contributed by atoms with Crippen molar-refractivity contribution in [1.29, 1.82) is 0 Å². The molecule has 0 fully saturated rings. The SMILES string of the molecule is C=CCc1ccc(OCC(O)Cn2cc(COc3ccccc3)nn2)c(OC)c1. The Morgan fingerprint density at radius 3 is 2.72 bits per heavy atom. The molecule has 0 aliphatic heterocycles. The summed E-state index contributed by atoms with van der Waals surface area (Å²) >= 11 is 0. The van der Waals surface area contributed by atoms with Crippen LogP contribution in [0.15, 0.2) is 67.4 Å². The van der Waals surface area contributed by atoms with Gasteiger partial charge in [-0.3, -0.25) is 0 Å². The number of hydrogen-bond donors (Lipinski definition) is 1. The predicted octanol–water partition coefficient (Wildman–Crippen LogP) is 3.03. The first-order valence-corrected chi connectivity index (χ1v) is 9.33. The van der Waals surface area contributed by atoms with Gasteiger partial charge in [0.05, 0.1) is 19.9 Å². The Hall–Kier alpha value is -3.32. The van der Waals surface area contributed by atoms with Crippen LogP contribution in [0.3, 0.4) is 0 Å². The van der Waals surface area contributed by atoms with Crippen LogP contribution in [-0.2, 0) is 19.6 Å². The molecule has 0 saturated carbocycles. The smallest absolute Gasteiger partial charge is 0.161 e. The Morgan fingerprint density at radius 2 is 1.97 bits per heavy atom. The van der Waals surface area contributed by atoms with Crippen LogP contribution in [0, 0.1) is 0 Å². The third kappa shape index (κ3) is 6.08. The Morgan fingerprint density at radius 1 is 1.14 bits per heavy atom. The average Bonchev–Trinajstić information content (AvgIpc) is 3.19. The number of rotatable bonds is 11. The topological polar surface area (TPSA) is 78.6 Å². The van der Waals surface area contributed by atoms with E-state index in [1.54, 1.807) is 18.0 Å². The Labute approximate surface area is 170 Å². The first kappa shape index (κ1) is 20.4. The zero-order valence-corrected chi connectivity index (χ0v) is 16.4. The highest BCUT2D eigenvalue weighted by Gasteiger charge is 2.12. The number of nitrogens with zero attached hydrogens (tertiary/aromatic N) is 3. The lowest BCUT2D eigenvalue weighted by atomic mass is 10.1. The molecule has 0 saturated heterocycles. The maximum atomic E-state index is 10.3. The molecule has 7 heteroatoms. The molecule has 29 heavy (non-hydrogen) atoms. The first-order valence-electron chi connectivity index (χ1n) is 9.33. The van der Waals surface area contributed by atoms with Crippen LogP contribution in [0.2, 0.25) is 0 Å². The molecule has 0 spiro atoms. The molecule has 1 heterocycles. The summed E-state index contributed by atoms with van der Waals surface area (Å²) in [4.78, 5) is 0. The molecule has 0 amide bonds. The quantitative estimate of drug-likeness (QED) is 0.503. The van der Waals surface area contributed by atoms with E-state index in [0.29, 0.717) is 23.8 Å². The molecule has 3 aromatic rings. The minimum Gasteiger partial charge on any atom is -0.493 e. The molecule has 0 aliphatic carbocycles. The van der Waals surface area contributed by atoms with Crippen molar-refractivity contribution < 1.29 is 19.3 Å². The normalized spacial score (nSPS) is 11.7. The zero-order valence-electron chi connectivity index (χ0n) is 16.4. The molecular weight excluding hydrogens is 370 g/mol. The molecule has 0 radical (unpaired) electrons. The number of aliphatic hydroxyl groups is 1. The molecule has 3 rings (SSSR count). The Bertz CT molecular complexity index is 911. The maximum Gasteiger partial charge on any atom is 0.161 e. The fourth-order valence-electron chi connectivity index (χ4n) is 2.75. The van der Waals surface area contributed by atoms with Crippen molar-refractivity contribution in [2.24, 2.45) is 0 Å². The number of aromatic nitrogens is 3. The maximum absolute atomic E-state index is 10.3. The highest BCUT2D eigenvalue weighted by Crippen LogP contribution is 2.28. The fraction of sp³-hybridized carbons (Fsp3) is 0.273. The van der Waals surface area contributed by atoms with Gasteiger partial charge in [0.1, 0.15) is 30.8 Å². The van der Waals surface area contributed by atoms with Gasteiger partial charge in [0.15, 0.2) is 11.5 Å². The number of para-hydroxylation sites is 1. The lowest BCUT2D eigenvalue weighted by Gasteiger charge is -2.15. The first-order chi connectivity index (χ1) is 14.2. The van der Waals surface area contributed by atoms with E-state index in [1.807, 2.05) is 54.6 Å². The standard InChI is InChI=1S/C22H25N3O4/c1-3-7-17-10-11-21(22(12-17)27-2)29-16-19(26)14-25-13-18(23-24-25)15-28-20-8-5-4-6-9-20/h3-6,8-13,19,26H,1,7,14-16H2,2H3. The zero-order chi connectivity index (χ0) is 20.5. The van der Waals surface area contributed by atoms with Crippen molar-refractivity contribution in [3.63, 3.8) is 0 Å². The van der Waals surface area contributed by atoms with E-state index in [-0.39, 0.29) is 13.2 Å². The van der Waals surface area contributed by atoms with Gasteiger partial charge in [-0.05, 0) is 36.2 Å². The van der Waals surface area contributed by atoms with Crippen molar-refractivity contribution in [3.05, 3.63) is 78.6 Å². The van der Waals surface area contributed by atoms with Gasteiger partial charge in [-0.25, -0.2) is 4.68 Å². The van der Waals surface area contributed by atoms with Gasteiger partial charge in [0.2, 0.25) is 0 Å². The van der Waals surface area contributed by atoms with E-state index >= 15 is 0 Å². The molecule has 1 aromatic heterocycles. The molecular formula is C22H25N3O4. The minimum absolute atomic E-state index is 0.104. The summed E-state index contributed by atoms with van der Waals surface area (Å²) in [5.74, 6) is 1.97. The van der Waals surface area contributed by atoms with Crippen LogP contribution in [0.4, 0.5) is 0 Å². The van der Waals surface area contributed by atoms with Gasteiger partial charge in [0, 0.05) is 0 Å². The van der Waals surface area contributed by atoms with Gasteiger partial charge in [-0.1, -0.05) is 35.6 Å². The second-order valence-corrected chi connectivity index (χ2v) is 6.48. The summed E-state index contributed by atoms with van der Waals surface area (Å²) < 4.78 is 18.3. The van der Waals surface area contributed by atoms with Crippen LogP contribution in [-0.4, -0.2) is 39.9 Å². The molecule has 1 atom stereocenters. The van der Waals surface area contributed by atoms with E-state index in [0.717, 1.165) is 17.7 Å². The van der Waals surface area contributed by atoms with Gasteiger partial charge in [0.25, 0.3) is 0 Å². The number of allylic oxidation sites excluding steroid dienone is 1. The monoisotopic (exact) mass is 395 g/mol. The van der Waals surface area contributed by atoms with E-state index in [2.05, 4.69) is 16.9 Å². The van der Waals surface area contributed by atoms with E-state index in [9.17, 15) is 5.11 Å². The van der Waals surface area contributed by atoms with Crippen molar-refractivity contribution >= 4 is 0 Å². The van der Waals surface area contributed by atoms with Crippen LogP contribution >= 0.6 is 0 Å². The average molecular weight is 395 g/mol. The summed E-state index contributed by atoms with van der Waals surface area (Å²) in [6.07, 6.45) is 3.58. The van der Waals surface area contributed by atoms with Crippen LogP contribution in [0.1, 0.15) is 11.3 Å². The van der Waals surface area contributed by atoms with Crippen LogP contribution in [0.25, 0.3) is 0 Å². The lowest BCUT2D eigenvalue weighted by Crippen LogP contribution is -2.24. The van der Waals surface area contributed by atoms with Crippen molar-refractivity contribution in [2.45, 2.75) is 25.7 Å². The third-order valence-corrected chi connectivity index (χ3v) is 4.15. The Kier molecular flexibility index (Phi) is 7.24. The summed E-state index contributed by atoms with van der Waals surface area (Å²) in [7, 11) is 1.59. The number of ether oxygens (including phenoxy) is 3. The molecule has 0 aliphatic rings. The highest BCUT2D eigenvalue weighted by molar-refractivity contribution is 5.43. The molecule has 1 N–H and O–H groups in total. The summed E-state index contributed by atoms with van der Waals surface area (Å²) in [6, 6.07) is 15.2. The van der Waals surface area contributed by atoms with Gasteiger partial charge >= 0.3 is 0 Å². The number of benzene rings is 2. The van der Waals surface area contributed by atoms with E-state index in [4.69, 9.17) is 14.2 Å². The number of methoxy groups -OCH3 is 1. The van der Waals surface area contributed by atoms with Gasteiger partial charge in [-0.15, -0.1) is 11.7 Å². The van der Waals surface area contributed by atoms with E-state index in [1.165, 1.54) is 0 Å². The van der Waals surface area contributed by atoms with E-state index < -0.39 is 6.10 Å². The fourth-order valence-corrected chi connectivity index (χ4v) is 2.75. The van der Waals surface area contributed by atoms with Crippen molar-refractivity contribution in [3.8, 4) is 17.2 Å². The molecule has 2 aromatic carbocycles. The van der Waals surface area contributed by atoms with Crippen LogP contribution < -0.4 is 14.2 Å². The molecule has 0 bridgehead atoms. The summed E-state index contributed by atoms with van der Waals surface area (Å²) in [5, 5.41) is 18.4. The Balaban J connectivity index is 1.49. The molecule has 1 unspecified atom stereocenters. The van der Waals surface area contributed by atoms with Crippen LogP contribution in [0.5, 0.6) is 17.2 Å². The predicted molar refractivity (Wildman–Crippen MR) is 109 cm³/mol. The second-order valence-electron chi connectivity index (χ2n) is 6.48. The van der Waals surface area contributed by atoms with Crippen molar-refractivity contribution in [1.82, 2.24) is 15.0 Å². The lowest BCUT2D eigenvalue weighted by molar-refractivity contribution is 0.0874. The van der Waals surface area contributed by atoms with Gasteiger partial charge in [-0.2, -0.15) is 0 Å². The van der Waals surface area contributed by atoms with Crippen molar-refractivity contribution in [2.75, 3.05) is 13.7 Å². The molecule has 7 nitrogen and oxygen atoms in total.